The third kappa shape index (κ3) is 3.02. The predicted octanol–water partition coefficient (Wildman–Crippen LogP) is 2.02. The number of aromatic nitrogens is 1. The zero-order valence-electron chi connectivity index (χ0n) is 10.3. The van der Waals surface area contributed by atoms with Gasteiger partial charge in [0.2, 0.25) is 0 Å². The van der Waals surface area contributed by atoms with E-state index in [1.54, 1.807) is 0 Å². The number of hydrogen-bond donors (Lipinski definition) is 1. The molecule has 0 unspecified atom stereocenters. The second kappa shape index (κ2) is 5.75. The highest BCUT2D eigenvalue weighted by Gasteiger charge is 2.04. The molecule has 1 heterocycles. The average Bonchev–Trinajstić information content (AvgIpc) is 2.37. The summed E-state index contributed by atoms with van der Waals surface area (Å²) in [7, 11) is 2.13. The third-order valence-electron chi connectivity index (χ3n) is 2.92. The van der Waals surface area contributed by atoms with Crippen LogP contribution >= 0.6 is 0 Å². The van der Waals surface area contributed by atoms with Gasteiger partial charge >= 0.3 is 0 Å². The highest BCUT2D eigenvalue weighted by Crippen LogP contribution is 2.17. The van der Waals surface area contributed by atoms with Gasteiger partial charge in [-0.25, -0.2) is 0 Å². The van der Waals surface area contributed by atoms with Gasteiger partial charge in [-0.1, -0.05) is 18.2 Å². The van der Waals surface area contributed by atoms with Crippen molar-refractivity contribution in [1.82, 2.24) is 9.88 Å². The molecule has 17 heavy (non-hydrogen) atoms. The molecule has 0 bridgehead atoms. The van der Waals surface area contributed by atoms with Crippen molar-refractivity contribution in [2.45, 2.75) is 13.0 Å². The van der Waals surface area contributed by atoms with Gasteiger partial charge in [-0.3, -0.25) is 4.98 Å². The van der Waals surface area contributed by atoms with Gasteiger partial charge in [0.25, 0.3) is 0 Å². The van der Waals surface area contributed by atoms with Crippen LogP contribution < -0.4 is 5.73 Å². The van der Waals surface area contributed by atoms with Gasteiger partial charge in [-0.05, 0) is 44.3 Å². The topological polar surface area (TPSA) is 42.1 Å². The van der Waals surface area contributed by atoms with E-state index >= 15 is 0 Å². The molecule has 0 saturated heterocycles. The predicted molar refractivity (Wildman–Crippen MR) is 71.7 cm³/mol. The van der Waals surface area contributed by atoms with Crippen LogP contribution in [0.1, 0.15) is 12.0 Å². The number of hydrogen-bond acceptors (Lipinski definition) is 3. The SMILES string of the molecule is CN(CCCN)Cc1ccnc2ccccc12. The average molecular weight is 229 g/mol. The van der Waals surface area contributed by atoms with E-state index in [2.05, 4.69) is 41.2 Å². The fourth-order valence-electron chi connectivity index (χ4n) is 2.02. The lowest BCUT2D eigenvalue weighted by atomic mass is 10.1. The zero-order chi connectivity index (χ0) is 12.1. The Labute approximate surface area is 102 Å². The molecule has 3 heteroatoms. The molecule has 0 fully saturated rings. The summed E-state index contributed by atoms with van der Waals surface area (Å²) in [6, 6.07) is 10.4. The van der Waals surface area contributed by atoms with Crippen molar-refractivity contribution in [1.29, 1.82) is 0 Å². The lowest BCUT2D eigenvalue weighted by Gasteiger charge is -2.17. The highest BCUT2D eigenvalue weighted by molar-refractivity contribution is 5.81. The van der Waals surface area contributed by atoms with Gasteiger partial charge < -0.3 is 10.6 Å². The monoisotopic (exact) mass is 229 g/mol. The molecule has 2 N–H and O–H groups in total. The van der Waals surface area contributed by atoms with Crippen LogP contribution in [-0.2, 0) is 6.54 Å². The van der Waals surface area contributed by atoms with E-state index in [1.807, 2.05) is 12.3 Å². The Hall–Kier alpha value is -1.45. The summed E-state index contributed by atoms with van der Waals surface area (Å²) in [5, 5.41) is 1.24. The normalized spacial score (nSPS) is 11.2. The van der Waals surface area contributed by atoms with E-state index in [0.717, 1.165) is 31.6 Å². The fraction of sp³-hybridized carbons (Fsp3) is 0.357. The molecule has 0 atom stereocenters. The molecular formula is C14H19N3. The fourth-order valence-corrected chi connectivity index (χ4v) is 2.02. The summed E-state index contributed by atoms with van der Waals surface area (Å²) in [6.07, 6.45) is 2.92. The number of para-hydroxylation sites is 1. The first-order valence-corrected chi connectivity index (χ1v) is 6.02. The van der Waals surface area contributed by atoms with Crippen LogP contribution in [0.3, 0.4) is 0 Å². The molecular weight excluding hydrogens is 210 g/mol. The maximum Gasteiger partial charge on any atom is 0.0705 e. The number of benzene rings is 1. The Bertz CT molecular complexity index is 476. The second-order valence-corrected chi connectivity index (χ2v) is 4.37. The Balaban J connectivity index is 2.18. The van der Waals surface area contributed by atoms with Crippen LogP contribution in [0.15, 0.2) is 36.5 Å². The Morgan fingerprint density at radius 3 is 2.88 bits per heavy atom. The second-order valence-electron chi connectivity index (χ2n) is 4.37. The Morgan fingerprint density at radius 2 is 2.06 bits per heavy atom. The molecule has 0 aliphatic carbocycles. The van der Waals surface area contributed by atoms with Crippen LogP contribution in [0.2, 0.25) is 0 Å². The van der Waals surface area contributed by atoms with E-state index in [-0.39, 0.29) is 0 Å². The maximum atomic E-state index is 5.52. The first kappa shape index (κ1) is 12.0. The first-order valence-electron chi connectivity index (χ1n) is 6.02. The van der Waals surface area contributed by atoms with Gasteiger partial charge in [0.05, 0.1) is 5.52 Å². The molecule has 0 aliphatic rings. The van der Waals surface area contributed by atoms with Crippen molar-refractivity contribution in [3.63, 3.8) is 0 Å². The van der Waals surface area contributed by atoms with Gasteiger partial charge in [0, 0.05) is 18.1 Å². The van der Waals surface area contributed by atoms with Crippen molar-refractivity contribution in [2.75, 3.05) is 20.1 Å². The number of rotatable bonds is 5. The third-order valence-corrected chi connectivity index (χ3v) is 2.92. The first-order chi connectivity index (χ1) is 8.31. The molecule has 0 saturated carbocycles. The standard InChI is InChI=1S/C14H19N3/c1-17(10-4-8-15)11-12-7-9-16-14-6-3-2-5-13(12)14/h2-3,5-7,9H,4,8,10-11,15H2,1H3. The van der Waals surface area contributed by atoms with Crippen molar-refractivity contribution in [3.8, 4) is 0 Å². The van der Waals surface area contributed by atoms with Crippen LogP contribution in [0, 0.1) is 0 Å². The molecule has 1 aromatic heterocycles. The van der Waals surface area contributed by atoms with Crippen LogP contribution in [0.25, 0.3) is 10.9 Å². The van der Waals surface area contributed by atoms with Crippen molar-refractivity contribution < 1.29 is 0 Å². The summed E-state index contributed by atoms with van der Waals surface area (Å²) in [4.78, 5) is 6.67. The molecule has 3 nitrogen and oxygen atoms in total. The van der Waals surface area contributed by atoms with Crippen molar-refractivity contribution in [3.05, 3.63) is 42.1 Å². The van der Waals surface area contributed by atoms with E-state index in [1.165, 1.54) is 10.9 Å². The van der Waals surface area contributed by atoms with Gasteiger partial charge in [0.15, 0.2) is 0 Å². The zero-order valence-corrected chi connectivity index (χ0v) is 10.3. The molecule has 0 spiro atoms. The summed E-state index contributed by atoms with van der Waals surface area (Å²) in [6.45, 7) is 2.73. The molecule has 0 aliphatic heterocycles. The van der Waals surface area contributed by atoms with E-state index < -0.39 is 0 Å². The Morgan fingerprint density at radius 1 is 1.24 bits per heavy atom. The lowest BCUT2D eigenvalue weighted by molar-refractivity contribution is 0.325. The quantitative estimate of drug-likeness (QED) is 0.853. The number of nitrogens with two attached hydrogens (primary N) is 1. The van der Waals surface area contributed by atoms with Crippen LogP contribution in [0.5, 0.6) is 0 Å². The molecule has 2 aromatic rings. The minimum absolute atomic E-state index is 0.751. The minimum atomic E-state index is 0.751. The summed E-state index contributed by atoms with van der Waals surface area (Å²) >= 11 is 0. The number of nitrogens with zero attached hydrogens (tertiary/aromatic N) is 2. The summed E-state index contributed by atoms with van der Waals surface area (Å²) in [5.41, 5.74) is 7.92. The largest absolute Gasteiger partial charge is 0.330 e. The molecule has 1 aromatic carbocycles. The number of pyridine rings is 1. The molecule has 90 valence electrons. The minimum Gasteiger partial charge on any atom is -0.330 e. The molecule has 0 amide bonds. The number of fused-ring (bicyclic) bond motifs is 1. The van der Waals surface area contributed by atoms with Crippen molar-refractivity contribution >= 4 is 10.9 Å². The maximum absolute atomic E-state index is 5.52. The summed E-state index contributed by atoms with van der Waals surface area (Å²) in [5.74, 6) is 0. The van der Waals surface area contributed by atoms with E-state index in [4.69, 9.17) is 5.73 Å². The van der Waals surface area contributed by atoms with Crippen LogP contribution in [-0.4, -0.2) is 30.0 Å². The van der Waals surface area contributed by atoms with E-state index in [0.29, 0.717) is 0 Å². The highest BCUT2D eigenvalue weighted by atomic mass is 15.1. The van der Waals surface area contributed by atoms with Gasteiger partial charge in [-0.2, -0.15) is 0 Å². The smallest absolute Gasteiger partial charge is 0.0705 e. The van der Waals surface area contributed by atoms with Gasteiger partial charge in [-0.15, -0.1) is 0 Å². The summed E-state index contributed by atoms with van der Waals surface area (Å²) < 4.78 is 0. The lowest BCUT2D eigenvalue weighted by Crippen LogP contribution is -2.21. The molecule has 0 radical (unpaired) electrons. The van der Waals surface area contributed by atoms with E-state index in [9.17, 15) is 0 Å². The molecule has 2 rings (SSSR count). The van der Waals surface area contributed by atoms with Gasteiger partial charge in [0.1, 0.15) is 0 Å². The van der Waals surface area contributed by atoms with Crippen molar-refractivity contribution in [2.24, 2.45) is 5.73 Å². The Kier molecular flexibility index (Phi) is 4.07. The van der Waals surface area contributed by atoms with Crippen LogP contribution in [0.4, 0.5) is 0 Å².